The van der Waals surface area contributed by atoms with Gasteiger partial charge in [0.25, 0.3) is 0 Å². The van der Waals surface area contributed by atoms with Gasteiger partial charge in [-0.3, -0.25) is 0 Å². The van der Waals surface area contributed by atoms with Crippen LogP contribution in [0.1, 0.15) is 0 Å². The van der Waals surface area contributed by atoms with Gasteiger partial charge in [-0.1, -0.05) is 146 Å². The fraction of sp³-hybridized carbons (Fsp3) is 0. The van der Waals surface area contributed by atoms with Crippen molar-refractivity contribution in [1.29, 1.82) is 0 Å². The molecule has 0 aliphatic rings. The van der Waals surface area contributed by atoms with E-state index < -0.39 is 0 Å². The van der Waals surface area contributed by atoms with E-state index in [1.165, 1.54) is 86.7 Å². The van der Waals surface area contributed by atoms with Crippen molar-refractivity contribution in [2.45, 2.75) is 0 Å². The van der Waals surface area contributed by atoms with Gasteiger partial charge in [0.2, 0.25) is 0 Å². The summed E-state index contributed by atoms with van der Waals surface area (Å²) in [7, 11) is 0. The average molecular weight is 645 g/mol. The molecule has 1 heteroatoms. The third-order valence-electron chi connectivity index (χ3n) is 11.3. The minimum absolute atomic E-state index is 0.905. The van der Waals surface area contributed by atoms with E-state index in [4.69, 9.17) is 4.42 Å². The Labute approximate surface area is 292 Å². The maximum atomic E-state index is 6.97. The highest BCUT2D eigenvalue weighted by molar-refractivity contribution is 6.28. The first-order valence-electron chi connectivity index (χ1n) is 17.7. The third kappa shape index (κ3) is 3.70. The number of hydrogen-bond donors (Lipinski definition) is 0. The second kappa shape index (κ2) is 9.94. The van der Waals surface area contributed by atoms with Gasteiger partial charge in [0, 0.05) is 16.2 Å². The summed E-state index contributed by atoms with van der Waals surface area (Å²) in [5.74, 6) is 0. The molecular weight excluding hydrogens is 617 g/mol. The number of furan rings is 1. The number of hydrogen-bond acceptors (Lipinski definition) is 1. The summed E-state index contributed by atoms with van der Waals surface area (Å²) < 4.78 is 6.97. The maximum absolute atomic E-state index is 6.97. The normalized spacial score (nSPS) is 12.3. The molecule has 12 rings (SSSR count). The fourth-order valence-corrected chi connectivity index (χ4v) is 9.09. The molecule has 0 aliphatic carbocycles. The van der Waals surface area contributed by atoms with Crippen molar-refractivity contribution in [2.75, 3.05) is 0 Å². The molecule has 0 radical (unpaired) electrons. The molecule has 1 nitrogen and oxygen atoms in total. The first-order chi connectivity index (χ1) is 25.3. The van der Waals surface area contributed by atoms with Crippen LogP contribution in [0.4, 0.5) is 0 Å². The Hall–Kier alpha value is -6.70. The van der Waals surface area contributed by atoms with Crippen LogP contribution < -0.4 is 0 Å². The zero-order chi connectivity index (χ0) is 33.2. The van der Waals surface area contributed by atoms with Gasteiger partial charge in [0.15, 0.2) is 0 Å². The van der Waals surface area contributed by atoms with Crippen molar-refractivity contribution in [2.24, 2.45) is 0 Å². The van der Waals surface area contributed by atoms with Gasteiger partial charge in [0.05, 0.1) is 0 Å². The van der Waals surface area contributed by atoms with Gasteiger partial charge in [-0.2, -0.15) is 0 Å². The molecule has 11 aromatic carbocycles. The number of benzene rings is 11. The molecule has 0 unspecified atom stereocenters. The summed E-state index contributed by atoms with van der Waals surface area (Å²) in [5.41, 5.74) is 6.62. The van der Waals surface area contributed by atoms with E-state index in [1.807, 2.05) is 0 Å². The molecule has 0 aliphatic heterocycles. The Morgan fingerprint density at radius 2 is 0.863 bits per heavy atom. The van der Waals surface area contributed by atoms with Gasteiger partial charge >= 0.3 is 0 Å². The molecule has 234 valence electrons. The lowest BCUT2D eigenvalue weighted by atomic mass is 9.86. The molecule has 0 atom stereocenters. The first kappa shape index (κ1) is 27.2. The van der Waals surface area contributed by atoms with E-state index in [2.05, 4.69) is 170 Å². The van der Waals surface area contributed by atoms with Gasteiger partial charge < -0.3 is 4.42 Å². The van der Waals surface area contributed by atoms with Gasteiger partial charge in [-0.15, -0.1) is 0 Å². The van der Waals surface area contributed by atoms with Crippen LogP contribution in [0.2, 0.25) is 0 Å². The van der Waals surface area contributed by atoms with Crippen molar-refractivity contribution >= 4 is 97.3 Å². The van der Waals surface area contributed by atoms with E-state index in [-0.39, 0.29) is 0 Å². The predicted octanol–water partition coefficient (Wildman–Crippen LogP) is 14.4. The molecule has 0 bridgehead atoms. The van der Waals surface area contributed by atoms with Crippen molar-refractivity contribution in [1.82, 2.24) is 0 Å². The van der Waals surface area contributed by atoms with E-state index in [1.54, 1.807) is 0 Å². The zero-order valence-electron chi connectivity index (χ0n) is 27.6. The topological polar surface area (TPSA) is 13.1 Å². The third-order valence-corrected chi connectivity index (χ3v) is 11.3. The molecule has 1 heterocycles. The number of rotatable bonds is 2. The summed E-state index contributed by atoms with van der Waals surface area (Å²) >= 11 is 0. The van der Waals surface area contributed by atoms with Crippen LogP contribution in [-0.4, -0.2) is 0 Å². The second-order valence-electron chi connectivity index (χ2n) is 14.0. The number of fused-ring (bicyclic) bond motifs is 10. The van der Waals surface area contributed by atoms with E-state index >= 15 is 0 Å². The Kier molecular flexibility index (Phi) is 5.29. The van der Waals surface area contributed by atoms with E-state index in [0.29, 0.717) is 0 Å². The van der Waals surface area contributed by atoms with E-state index in [9.17, 15) is 0 Å². The highest BCUT2D eigenvalue weighted by Crippen LogP contribution is 2.47. The summed E-state index contributed by atoms with van der Waals surface area (Å²) in [5, 5.41) is 19.9. The molecule has 0 saturated carbocycles. The van der Waals surface area contributed by atoms with Crippen molar-refractivity contribution in [3.05, 3.63) is 170 Å². The molecular formula is C50H28O. The van der Waals surface area contributed by atoms with Crippen molar-refractivity contribution in [3.8, 4) is 22.3 Å². The van der Waals surface area contributed by atoms with Gasteiger partial charge in [-0.25, -0.2) is 0 Å². The Morgan fingerprint density at radius 3 is 1.71 bits per heavy atom. The molecule has 51 heavy (non-hydrogen) atoms. The van der Waals surface area contributed by atoms with Crippen LogP contribution in [0, 0.1) is 0 Å². The molecule has 1 aromatic heterocycles. The van der Waals surface area contributed by atoms with Crippen LogP contribution in [0.15, 0.2) is 174 Å². The zero-order valence-corrected chi connectivity index (χ0v) is 27.6. The molecule has 0 N–H and O–H groups in total. The fourth-order valence-electron chi connectivity index (χ4n) is 9.09. The lowest BCUT2D eigenvalue weighted by molar-refractivity contribution is 0.673. The minimum Gasteiger partial charge on any atom is -0.455 e. The predicted molar refractivity (Wildman–Crippen MR) is 218 cm³/mol. The average Bonchev–Trinajstić information content (AvgIpc) is 3.58. The SMILES string of the molecule is c1ccc2c(c1)ccc1c2oc2cc(-c3ccc4ccc5cccc6ccc3c4c56)cc(-c3cc4ccc5ccccc5c4c4ccccc34)c21. The van der Waals surface area contributed by atoms with E-state index in [0.717, 1.165) is 32.9 Å². The lowest BCUT2D eigenvalue weighted by Gasteiger charge is -2.17. The highest BCUT2D eigenvalue weighted by Gasteiger charge is 2.21. The minimum atomic E-state index is 0.905. The monoisotopic (exact) mass is 644 g/mol. The Bertz CT molecular complexity index is 3400. The summed E-state index contributed by atoms with van der Waals surface area (Å²) in [4.78, 5) is 0. The van der Waals surface area contributed by atoms with Gasteiger partial charge in [0.1, 0.15) is 11.2 Å². The van der Waals surface area contributed by atoms with Crippen LogP contribution in [0.3, 0.4) is 0 Å². The Balaban J connectivity index is 1.25. The molecule has 0 amide bonds. The standard InChI is InChI=1S/C50H28O/c1-3-12-37-29(8-1)16-19-34-26-43(39-14-5-6-15-40(39)47(34)37)44-27-35(28-45-49(44)42-25-20-30-9-2-4-13-38(30)50(42)51-45)36-23-21-33-18-17-31-10-7-11-32-22-24-41(36)48(33)46(31)32/h1-28H. The smallest absolute Gasteiger partial charge is 0.143 e. The molecule has 12 aromatic rings. The van der Waals surface area contributed by atoms with Crippen LogP contribution in [0.25, 0.3) is 120 Å². The van der Waals surface area contributed by atoms with Crippen LogP contribution in [0.5, 0.6) is 0 Å². The molecule has 0 fully saturated rings. The van der Waals surface area contributed by atoms with Crippen molar-refractivity contribution < 1.29 is 4.42 Å². The summed E-state index contributed by atoms with van der Waals surface area (Å²) in [6.07, 6.45) is 0. The quantitative estimate of drug-likeness (QED) is 0.171. The highest BCUT2D eigenvalue weighted by atomic mass is 16.3. The van der Waals surface area contributed by atoms with Crippen LogP contribution in [-0.2, 0) is 0 Å². The van der Waals surface area contributed by atoms with Gasteiger partial charge in [-0.05, 0) is 117 Å². The molecule has 0 saturated heterocycles. The van der Waals surface area contributed by atoms with Crippen LogP contribution >= 0.6 is 0 Å². The largest absolute Gasteiger partial charge is 0.455 e. The summed E-state index contributed by atoms with van der Waals surface area (Å²) in [6, 6.07) is 62.6. The molecule has 0 spiro atoms. The lowest BCUT2D eigenvalue weighted by Crippen LogP contribution is -1.90. The summed E-state index contributed by atoms with van der Waals surface area (Å²) in [6.45, 7) is 0. The maximum Gasteiger partial charge on any atom is 0.143 e. The first-order valence-corrected chi connectivity index (χ1v) is 17.7. The Morgan fingerprint density at radius 1 is 0.275 bits per heavy atom. The van der Waals surface area contributed by atoms with Crippen molar-refractivity contribution in [3.63, 3.8) is 0 Å². The second-order valence-corrected chi connectivity index (χ2v) is 14.0.